The Labute approximate surface area is 135 Å². The molecule has 2 rings (SSSR count). The minimum Gasteiger partial charge on any atom is -0.481 e. The number of rotatable bonds is 6. The average Bonchev–Trinajstić information content (AvgIpc) is 2.99. The molecule has 1 aromatic carbocycles. The van der Waals surface area contributed by atoms with Crippen molar-refractivity contribution in [2.24, 2.45) is 5.92 Å². The Morgan fingerprint density at radius 2 is 1.83 bits per heavy atom. The van der Waals surface area contributed by atoms with Gasteiger partial charge in [0.1, 0.15) is 0 Å². The molecule has 0 aliphatic carbocycles. The summed E-state index contributed by atoms with van der Waals surface area (Å²) in [6.45, 7) is 5.65. The Kier molecular flexibility index (Phi) is 5.16. The van der Waals surface area contributed by atoms with Gasteiger partial charge in [0.25, 0.3) is 5.91 Å². The number of aliphatic carboxylic acids is 1. The summed E-state index contributed by atoms with van der Waals surface area (Å²) in [6, 6.07) is 9.05. The quantitative estimate of drug-likeness (QED) is 0.858. The third kappa shape index (κ3) is 4.42. The molecule has 1 atom stereocenters. The molecule has 1 aromatic heterocycles. The molecule has 0 spiro atoms. The number of carboxylic acids is 1. The maximum atomic E-state index is 12.1. The van der Waals surface area contributed by atoms with Crippen LogP contribution in [0.2, 0.25) is 0 Å². The number of benzene rings is 1. The van der Waals surface area contributed by atoms with Gasteiger partial charge in [0.05, 0.1) is 5.92 Å². The van der Waals surface area contributed by atoms with Crippen LogP contribution in [-0.2, 0) is 11.2 Å². The van der Waals surface area contributed by atoms with Gasteiger partial charge in [-0.25, -0.2) is 0 Å². The van der Waals surface area contributed by atoms with Crippen LogP contribution in [0.15, 0.2) is 36.5 Å². The maximum absolute atomic E-state index is 12.1. The molecule has 0 saturated carbocycles. The first-order valence-electron chi connectivity index (χ1n) is 7.55. The van der Waals surface area contributed by atoms with Crippen molar-refractivity contribution < 1.29 is 14.7 Å². The highest BCUT2D eigenvalue weighted by atomic mass is 16.4. The summed E-state index contributed by atoms with van der Waals surface area (Å²) in [5.41, 5.74) is 1.94. The van der Waals surface area contributed by atoms with Crippen LogP contribution in [0.1, 0.15) is 42.9 Å². The molecule has 0 fully saturated rings. The van der Waals surface area contributed by atoms with Crippen LogP contribution >= 0.6 is 0 Å². The summed E-state index contributed by atoms with van der Waals surface area (Å²) in [5.74, 6) is -1.52. The minimum absolute atomic E-state index is 0.201. The van der Waals surface area contributed by atoms with Crippen LogP contribution in [0.4, 0.5) is 5.69 Å². The van der Waals surface area contributed by atoms with E-state index in [0.29, 0.717) is 17.8 Å². The first-order chi connectivity index (χ1) is 10.9. The largest absolute Gasteiger partial charge is 0.481 e. The van der Waals surface area contributed by atoms with Crippen molar-refractivity contribution in [3.05, 3.63) is 47.8 Å². The molecule has 0 saturated heterocycles. The molecule has 23 heavy (non-hydrogen) atoms. The molecule has 1 heterocycles. The van der Waals surface area contributed by atoms with Crippen LogP contribution < -0.4 is 5.32 Å². The third-order valence-electron chi connectivity index (χ3n) is 3.55. The zero-order chi connectivity index (χ0) is 17.0. The van der Waals surface area contributed by atoms with Crippen molar-refractivity contribution in [3.8, 4) is 0 Å². The van der Waals surface area contributed by atoms with Gasteiger partial charge in [-0.3, -0.25) is 14.3 Å². The molecule has 6 heteroatoms. The topological polar surface area (TPSA) is 84.2 Å². The smallest absolute Gasteiger partial charge is 0.306 e. The molecular weight excluding hydrogens is 294 g/mol. The molecule has 2 N–H and O–H groups in total. The predicted molar refractivity (Wildman–Crippen MR) is 87.5 cm³/mol. The van der Waals surface area contributed by atoms with Crippen LogP contribution in [0.3, 0.4) is 0 Å². The zero-order valence-electron chi connectivity index (χ0n) is 13.5. The lowest BCUT2D eigenvalue weighted by Crippen LogP contribution is -2.14. The number of amides is 1. The van der Waals surface area contributed by atoms with E-state index in [1.165, 1.54) is 0 Å². The van der Waals surface area contributed by atoms with Gasteiger partial charge in [0.15, 0.2) is 5.69 Å². The number of carboxylic acid groups (broad SMARTS) is 1. The van der Waals surface area contributed by atoms with Gasteiger partial charge in [0.2, 0.25) is 0 Å². The number of carbonyl (C=O) groups is 2. The maximum Gasteiger partial charge on any atom is 0.306 e. The Hall–Kier alpha value is -2.63. The van der Waals surface area contributed by atoms with Crippen molar-refractivity contribution >= 4 is 17.6 Å². The van der Waals surface area contributed by atoms with Crippen LogP contribution in [0.5, 0.6) is 0 Å². The van der Waals surface area contributed by atoms with Gasteiger partial charge in [-0.2, -0.15) is 5.10 Å². The lowest BCUT2D eigenvalue weighted by atomic mass is 10.0. The van der Waals surface area contributed by atoms with Gasteiger partial charge < -0.3 is 10.4 Å². The number of carbonyl (C=O) groups excluding carboxylic acids is 1. The molecule has 1 amide bonds. The standard InChI is InChI=1S/C17H21N3O3/c1-11(2)20-9-8-15(19-20)16(21)18-14-6-4-13(5-7-14)10-12(3)17(22)23/h4-9,11-12H,10H2,1-3H3,(H,18,21)(H,22,23). The van der Waals surface area contributed by atoms with E-state index in [-0.39, 0.29) is 11.9 Å². The summed E-state index contributed by atoms with van der Waals surface area (Å²) >= 11 is 0. The van der Waals surface area contributed by atoms with E-state index in [1.807, 2.05) is 26.0 Å². The number of hydrogen-bond donors (Lipinski definition) is 2. The number of anilines is 1. The normalized spacial score (nSPS) is 12.2. The lowest BCUT2D eigenvalue weighted by Gasteiger charge is -2.08. The molecule has 0 radical (unpaired) electrons. The first kappa shape index (κ1) is 16.7. The number of hydrogen-bond acceptors (Lipinski definition) is 3. The molecular formula is C17H21N3O3. The van der Waals surface area contributed by atoms with Crippen molar-refractivity contribution in [1.29, 1.82) is 0 Å². The van der Waals surface area contributed by atoms with Crippen LogP contribution in [0, 0.1) is 5.92 Å². The third-order valence-corrected chi connectivity index (χ3v) is 3.55. The number of nitrogens with zero attached hydrogens (tertiary/aromatic N) is 2. The Balaban J connectivity index is 1.99. The molecule has 0 aliphatic rings. The highest BCUT2D eigenvalue weighted by Gasteiger charge is 2.13. The molecule has 122 valence electrons. The van der Waals surface area contributed by atoms with E-state index >= 15 is 0 Å². The molecule has 0 bridgehead atoms. The van der Waals surface area contributed by atoms with E-state index in [4.69, 9.17) is 5.11 Å². The van der Waals surface area contributed by atoms with Gasteiger partial charge in [0, 0.05) is 17.9 Å². The van der Waals surface area contributed by atoms with Crippen LogP contribution in [0.25, 0.3) is 0 Å². The van der Waals surface area contributed by atoms with Gasteiger partial charge in [-0.15, -0.1) is 0 Å². The summed E-state index contributed by atoms with van der Waals surface area (Å²) in [7, 11) is 0. The van der Waals surface area contributed by atoms with E-state index < -0.39 is 11.9 Å². The second kappa shape index (κ2) is 7.09. The first-order valence-corrected chi connectivity index (χ1v) is 7.55. The SMILES string of the molecule is CC(Cc1ccc(NC(=O)c2ccn(C(C)C)n2)cc1)C(=O)O. The second-order valence-electron chi connectivity index (χ2n) is 5.87. The fourth-order valence-corrected chi connectivity index (χ4v) is 2.11. The monoisotopic (exact) mass is 315 g/mol. The molecule has 1 unspecified atom stereocenters. The summed E-state index contributed by atoms with van der Waals surface area (Å²) in [4.78, 5) is 23.0. The van der Waals surface area contributed by atoms with Crippen molar-refractivity contribution in [3.63, 3.8) is 0 Å². The highest BCUT2D eigenvalue weighted by molar-refractivity contribution is 6.02. The highest BCUT2D eigenvalue weighted by Crippen LogP contribution is 2.14. The fourth-order valence-electron chi connectivity index (χ4n) is 2.11. The Morgan fingerprint density at radius 1 is 1.17 bits per heavy atom. The van der Waals surface area contributed by atoms with Gasteiger partial charge >= 0.3 is 5.97 Å². The molecule has 6 nitrogen and oxygen atoms in total. The number of nitrogens with one attached hydrogen (secondary N) is 1. The minimum atomic E-state index is -0.817. The van der Waals surface area contributed by atoms with E-state index in [9.17, 15) is 9.59 Å². The van der Waals surface area contributed by atoms with Crippen LogP contribution in [-0.4, -0.2) is 26.8 Å². The lowest BCUT2D eigenvalue weighted by molar-refractivity contribution is -0.141. The van der Waals surface area contributed by atoms with E-state index in [2.05, 4.69) is 10.4 Å². The predicted octanol–water partition coefficient (Wildman–Crippen LogP) is 2.98. The van der Waals surface area contributed by atoms with Gasteiger partial charge in [-0.05, 0) is 44.0 Å². The Morgan fingerprint density at radius 3 is 2.35 bits per heavy atom. The number of aromatic nitrogens is 2. The van der Waals surface area contributed by atoms with Crippen molar-refractivity contribution in [1.82, 2.24) is 9.78 Å². The van der Waals surface area contributed by atoms with E-state index in [1.54, 1.807) is 36.0 Å². The zero-order valence-corrected chi connectivity index (χ0v) is 13.5. The van der Waals surface area contributed by atoms with Crippen molar-refractivity contribution in [2.45, 2.75) is 33.2 Å². The summed E-state index contributed by atoms with van der Waals surface area (Å²) in [6.07, 6.45) is 2.23. The summed E-state index contributed by atoms with van der Waals surface area (Å²) < 4.78 is 1.73. The van der Waals surface area contributed by atoms with E-state index in [0.717, 1.165) is 5.56 Å². The van der Waals surface area contributed by atoms with Crippen molar-refractivity contribution in [2.75, 3.05) is 5.32 Å². The molecule has 2 aromatic rings. The molecule has 0 aliphatic heterocycles. The average molecular weight is 315 g/mol. The summed E-state index contributed by atoms with van der Waals surface area (Å²) in [5, 5.41) is 15.9. The second-order valence-corrected chi connectivity index (χ2v) is 5.87. The van der Waals surface area contributed by atoms with Gasteiger partial charge in [-0.1, -0.05) is 19.1 Å². The Bertz CT molecular complexity index is 689. The fraction of sp³-hybridized carbons (Fsp3) is 0.353.